The molecule has 0 unspecified atom stereocenters. The monoisotopic (exact) mass is 268 g/mol. The second-order valence-electron chi connectivity index (χ2n) is 4.24. The molecule has 1 aromatic carbocycles. The van der Waals surface area contributed by atoms with Crippen LogP contribution < -0.4 is 0 Å². The van der Waals surface area contributed by atoms with E-state index in [9.17, 15) is 0 Å². The van der Waals surface area contributed by atoms with Gasteiger partial charge in [-0.1, -0.05) is 53.5 Å². The predicted octanol–water partition coefficient (Wildman–Crippen LogP) is 5.52. The van der Waals surface area contributed by atoms with E-state index in [-0.39, 0.29) is 0 Å². The number of thioether (sulfide) groups is 1. The molecule has 0 amide bonds. The second-order valence-corrected chi connectivity index (χ2v) is 5.53. The first kappa shape index (κ1) is 15.4. The van der Waals surface area contributed by atoms with Gasteiger partial charge in [-0.3, -0.25) is 0 Å². The van der Waals surface area contributed by atoms with Crippen LogP contribution in [0.5, 0.6) is 0 Å². The van der Waals surface area contributed by atoms with Crippen LogP contribution in [0.15, 0.2) is 64.9 Å². The molecule has 0 heterocycles. The lowest BCUT2D eigenvalue weighted by atomic mass is 10.2. The van der Waals surface area contributed by atoms with E-state index < -0.39 is 0 Å². The molecule has 1 heteroatoms. The highest BCUT2D eigenvalue weighted by Gasteiger charge is 2.01. The molecule has 0 aliphatic rings. The van der Waals surface area contributed by atoms with Gasteiger partial charge in [-0.15, -0.1) is 13.2 Å². The van der Waals surface area contributed by atoms with Crippen molar-refractivity contribution in [1.82, 2.24) is 0 Å². The third-order valence-corrected chi connectivity index (χ3v) is 3.61. The summed E-state index contributed by atoms with van der Waals surface area (Å²) in [5.41, 5.74) is 2.42. The molecule has 0 bridgehead atoms. The Balaban J connectivity index is 2.89. The van der Waals surface area contributed by atoms with Gasteiger partial charge in [-0.2, -0.15) is 0 Å². The molecule has 0 saturated heterocycles. The first-order valence-electron chi connectivity index (χ1n) is 6.32. The number of allylic oxidation sites excluding steroid dienone is 4. The van der Waals surface area contributed by atoms with Gasteiger partial charge in [0.1, 0.15) is 0 Å². The van der Waals surface area contributed by atoms with E-state index in [2.05, 4.69) is 63.1 Å². The fourth-order valence-electron chi connectivity index (χ4n) is 1.50. The zero-order valence-electron chi connectivity index (χ0n) is 11.7. The Morgan fingerprint density at radius 3 is 2.47 bits per heavy atom. The SMILES string of the molecule is C=CCC#C/C(CC=C)=C(\C)Sc1ccc(C)cc1. The molecule has 0 aromatic heterocycles. The Labute approximate surface area is 121 Å². The van der Waals surface area contributed by atoms with Gasteiger partial charge in [0.2, 0.25) is 0 Å². The predicted molar refractivity (Wildman–Crippen MR) is 87.1 cm³/mol. The van der Waals surface area contributed by atoms with E-state index in [1.165, 1.54) is 15.4 Å². The van der Waals surface area contributed by atoms with Crippen LogP contribution in [-0.4, -0.2) is 0 Å². The van der Waals surface area contributed by atoms with E-state index >= 15 is 0 Å². The number of aryl methyl sites for hydroxylation is 1. The van der Waals surface area contributed by atoms with E-state index in [1.807, 2.05) is 12.2 Å². The quantitative estimate of drug-likeness (QED) is 0.385. The molecule has 0 aliphatic heterocycles. The van der Waals surface area contributed by atoms with E-state index in [1.54, 1.807) is 11.8 Å². The summed E-state index contributed by atoms with van der Waals surface area (Å²) in [6.07, 6.45) is 5.26. The molecular formula is C18H20S. The summed E-state index contributed by atoms with van der Waals surface area (Å²) in [6.45, 7) is 11.7. The minimum atomic E-state index is 0.725. The lowest BCUT2D eigenvalue weighted by Gasteiger charge is -2.05. The zero-order chi connectivity index (χ0) is 14.1. The highest BCUT2D eigenvalue weighted by atomic mass is 32.2. The first-order valence-corrected chi connectivity index (χ1v) is 7.14. The molecule has 0 nitrogen and oxygen atoms in total. The van der Waals surface area contributed by atoms with Crippen LogP contribution in [0.2, 0.25) is 0 Å². The molecule has 0 N–H and O–H groups in total. The smallest absolute Gasteiger partial charge is 0.0270 e. The summed E-state index contributed by atoms with van der Waals surface area (Å²) < 4.78 is 0. The number of hydrogen-bond donors (Lipinski definition) is 0. The van der Waals surface area contributed by atoms with Gasteiger partial charge < -0.3 is 0 Å². The van der Waals surface area contributed by atoms with Gasteiger partial charge in [0.15, 0.2) is 0 Å². The molecule has 98 valence electrons. The van der Waals surface area contributed by atoms with Crippen molar-refractivity contribution >= 4 is 11.8 Å². The highest BCUT2D eigenvalue weighted by Crippen LogP contribution is 2.29. The molecule has 0 fully saturated rings. The van der Waals surface area contributed by atoms with Gasteiger partial charge in [0.25, 0.3) is 0 Å². The van der Waals surface area contributed by atoms with Crippen LogP contribution in [0.1, 0.15) is 25.3 Å². The molecule has 0 saturated carbocycles. The fraction of sp³-hybridized carbons (Fsp3) is 0.222. The van der Waals surface area contributed by atoms with Crippen molar-refractivity contribution in [2.24, 2.45) is 0 Å². The zero-order valence-corrected chi connectivity index (χ0v) is 12.5. The highest BCUT2D eigenvalue weighted by molar-refractivity contribution is 8.03. The molecule has 1 aromatic rings. The summed E-state index contributed by atoms with van der Waals surface area (Å²) in [4.78, 5) is 2.48. The summed E-state index contributed by atoms with van der Waals surface area (Å²) in [6, 6.07) is 8.55. The van der Waals surface area contributed by atoms with Crippen LogP contribution in [0, 0.1) is 18.8 Å². The Morgan fingerprint density at radius 1 is 1.21 bits per heavy atom. The number of hydrogen-bond acceptors (Lipinski definition) is 1. The molecule has 19 heavy (non-hydrogen) atoms. The Kier molecular flexibility index (Phi) is 6.85. The van der Waals surface area contributed by atoms with Crippen molar-refractivity contribution in [3.05, 3.63) is 65.6 Å². The van der Waals surface area contributed by atoms with Gasteiger partial charge in [0, 0.05) is 16.9 Å². The molecular weight excluding hydrogens is 248 g/mol. The fourth-order valence-corrected chi connectivity index (χ4v) is 2.38. The van der Waals surface area contributed by atoms with Crippen molar-refractivity contribution in [3.63, 3.8) is 0 Å². The van der Waals surface area contributed by atoms with Crippen LogP contribution in [0.4, 0.5) is 0 Å². The van der Waals surface area contributed by atoms with Crippen LogP contribution in [0.3, 0.4) is 0 Å². The van der Waals surface area contributed by atoms with Gasteiger partial charge in [-0.05, 0) is 37.3 Å². The largest absolute Gasteiger partial charge is 0.103 e. The lowest BCUT2D eigenvalue weighted by molar-refractivity contribution is 1.28. The lowest BCUT2D eigenvalue weighted by Crippen LogP contribution is -1.83. The Morgan fingerprint density at radius 2 is 1.89 bits per heavy atom. The summed E-state index contributed by atoms with van der Waals surface area (Å²) in [5.74, 6) is 6.33. The Bertz CT molecular complexity index is 521. The van der Waals surface area contributed by atoms with E-state index in [0.29, 0.717) is 0 Å². The van der Waals surface area contributed by atoms with E-state index in [0.717, 1.165) is 18.4 Å². The third-order valence-electron chi connectivity index (χ3n) is 2.55. The van der Waals surface area contributed by atoms with Crippen molar-refractivity contribution < 1.29 is 0 Å². The standard InChI is InChI=1S/C18H20S/c1-5-7-8-10-17(9-6-2)16(4)19-18-13-11-15(3)12-14-18/h5-6,11-14H,1-2,7,9H2,3-4H3/b17-16+. The van der Waals surface area contributed by atoms with E-state index in [4.69, 9.17) is 0 Å². The van der Waals surface area contributed by atoms with Gasteiger partial charge >= 0.3 is 0 Å². The van der Waals surface area contributed by atoms with Gasteiger partial charge in [-0.25, -0.2) is 0 Å². The topological polar surface area (TPSA) is 0 Å². The van der Waals surface area contributed by atoms with Gasteiger partial charge in [0.05, 0.1) is 0 Å². The normalized spacial score (nSPS) is 11.1. The molecule has 0 radical (unpaired) electrons. The Hall–Kier alpha value is -1.65. The van der Waals surface area contributed by atoms with Crippen LogP contribution in [-0.2, 0) is 0 Å². The molecule has 0 spiro atoms. The maximum absolute atomic E-state index is 3.80. The number of rotatable bonds is 5. The summed E-state index contributed by atoms with van der Waals surface area (Å²) in [5, 5.41) is 0. The van der Waals surface area contributed by atoms with Crippen molar-refractivity contribution in [2.75, 3.05) is 0 Å². The molecule has 0 atom stereocenters. The minimum Gasteiger partial charge on any atom is -0.103 e. The summed E-state index contributed by atoms with van der Waals surface area (Å²) in [7, 11) is 0. The van der Waals surface area contributed by atoms with Crippen LogP contribution in [0.25, 0.3) is 0 Å². The maximum Gasteiger partial charge on any atom is 0.0270 e. The molecule has 0 aliphatic carbocycles. The van der Waals surface area contributed by atoms with Crippen molar-refractivity contribution in [1.29, 1.82) is 0 Å². The molecule has 1 rings (SSSR count). The van der Waals surface area contributed by atoms with Crippen molar-refractivity contribution in [3.8, 4) is 11.8 Å². The average molecular weight is 268 g/mol. The average Bonchev–Trinajstić information content (AvgIpc) is 2.40. The maximum atomic E-state index is 3.80. The van der Waals surface area contributed by atoms with Crippen molar-refractivity contribution in [2.45, 2.75) is 31.6 Å². The second kappa shape index (κ2) is 8.45. The van der Waals surface area contributed by atoms with Crippen LogP contribution >= 0.6 is 11.8 Å². The number of benzene rings is 1. The third kappa shape index (κ3) is 5.68. The minimum absolute atomic E-state index is 0.725. The summed E-state index contributed by atoms with van der Waals surface area (Å²) >= 11 is 1.76. The first-order chi connectivity index (χ1) is 9.17.